The Hall–Kier alpha value is -1.26. The molecule has 1 saturated carbocycles. The van der Waals surface area contributed by atoms with E-state index in [2.05, 4.69) is 10.6 Å². The molecule has 0 spiro atoms. The molecule has 5 heteroatoms. The van der Waals surface area contributed by atoms with Crippen LogP contribution in [-0.2, 0) is 4.79 Å². The first-order valence-corrected chi connectivity index (χ1v) is 6.49. The summed E-state index contributed by atoms with van der Waals surface area (Å²) in [6, 6.07) is -0.411. The molecule has 1 fully saturated rings. The van der Waals surface area contributed by atoms with E-state index in [0.29, 0.717) is 12.8 Å². The van der Waals surface area contributed by atoms with Crippen LogP contribution < -0.4 is 10.6 Å². The standard InChI is InChI=1S/C13H24N2O3/c1-9(12(2,3)4)14-11(18)15-13(10(16)17)7-5-6-8-13/h9H,5-8H2,1-4H3,(H,16,17)(H2,14,15,18). The van der Waals surface area contributed by atoms with Gasteiger partial charge in [-0.2, -0.15) is 0 Å². The Morgan fingerprint density at radius 3 is 2.11 bits per heavy atom. The quantitative estimate of drug-likeness (QED) is 0.723. The number of amides is 2. The van der Waals surface area contributed by atoms with Gasteiger partial charge in [0.25, 0.3) is 0 Å². The Labute approximate surface area is 108 Å². The van der Waals surface area contributed by atoms with Crippen LogP contribution in [0.2, 0.25) is 0 Å². The van der Waals surface area contributed by atoms with E-state index in [4.69, 9.17) is 0 Å². The average Bonchev–Trinajstić information content (AvgIpc) is 2.65. The SMILES string of the molecule is CC(NC(=O)NC1(C(=O)O)CCCC1)C(C)(C)C. The first kappa shape index (κ1) is 14.8. The van der Waals surface area contributed by atoms with Crippen molar-refractivity contribution >= 4 is 12.0 Å². The second-order valence-corrected chi connectivity index (χ2v) is 6.28. The fourth-order valence-electron chi connectivity index (χ4n) is 2.04. The number of carboxylic acid groups (broad SMARTS) is 1. The summed E-state index contributed by atoms with van der Waals surface area (Å²) in [5, 5.41) is 14.7. The molecule has 18 heavy (non-hydrogen) atoms. The highest BCUT2D eigenvalue weighted by Crippen LogP contribution is 2.30. The van der Waals surface area contributed by atoms with Crippen molar-refractivity contribution in [1.29, 1.82) is 0 Å². The summed E-state index contributed by atoms with van der Waals surface area (Å²) in [6.07, 6.45) is 2.72. The molecule has 0 saturated heterocycles. The molecule has 104 valence electrons. The predicted molar refractivity (Wildman–Crippen MR) is 69.4 cm³/mol. The zero-order chi connectivity index (χ0) is 14.0. The normalized spacial score (nSPS) is 20.2. The van der Waals surface area contributed by atoms with E-state index < -0.39 is 11.5 Å². The van der Waals surface area contributed by atoms with Crippen molar-refractivity contribution in [3.8, 4) is 0 Å². The van der Waals surface area contributed by atoms with E-state index in [1.165, 1.54) is 0 Å². The zero-order valence-electron chi connectivity index (χ0n) is 11.7. The zero-order valence-corrected chi connectivity index (χ0v) is 11.7. The molecule has 1 aliphatic rings. The van der Waals surface area contributed by atoms with Crippen molar-refractivity contribution in [3.63, 3.8) is 0 Å². The lowest BCUT2D eigenvalue weighted by molar-refractivity contribution is -0.144. The minimum atomic E-state index is -1.07. The van der Waals surface area contributed by atoms with Gasteiger partial charge in [0.2, 0.25) is 0 Å². The van der Waals surface area contributed by atoms with Gasteiger partial charge in [-0.3, -0.25) is 0 Å². The van der Waals surface area contributed by atoms with E-state index >= 15 is 0 Å². The molecular formula is C13H24N2O3. The van der Waals surface area contributed by atoms with Crippen LogP contribution in [0.3, 0.4) is 0 Å². The number of hydrogen-bond acceptors (Lipinski definition) is 2. The van der Waals surface area contributed by atoms with Crippen molar-refractivity contribution < 1.29 is 14.7 Å². The molecule has 1 rings (SSSR count). The van der Waals surface area contributed by atoms with Gasteiger partial charge >= 0.3 is 12.0 Å². The molecule has 0 radical (unpaired) electrons. The monoisotopic (exact) mass is 256 g/mol. The number of carboxylic acids is 1. The maximum Gasteiger partial charge on any atom is 0.329 e. The lowest BCUT2D eigenvalue weighted by Gasteiger charge is -2.31. The summed E-state index contributed by atoms with van der Waals surface area (Å²) in [4.78, 5) is 23.2. The highest BCUT2D eigenvalue weighted by Gasteiger charge is 2.42. The Kier molecular flexibility index (Phi) is 4.24. The first-order chi connectivity index (χ1) is 8.17. The van der Waals surface area contributed by atoms with Crippen LogP contribution in [0.5, 0.6) is 0 Å². The van der Waals surface area contributed by atoms with E-state index in [1.54, 1.807) is 0 Å². The third-order valence-electron chi connectivity index (χ3n) is 3.87. The maximum absolute atomic E-state index is 11.9. The third kappa shape index (κ3) is 3.37. The molecular weight excluding hydrogens is 232 g/mol. The molecule has 0 aromatic heterocycles. The second-order valence-electron chi connectivity index (χ2n) is 6.28. The van der Waals surface area contributed by atoms with Crippen molar-refractivity contribution in [2.24, 2.45) is 5.41 Å². The molecule has 0 bridgehead atoms. The largest absolute Gasteiger partial charge is 0.480 e. The maximum atomic E-state index is 11.9. The van der Waals surface area contributed by atoms with Crippen LogP contribution in [0, 0.1) is 5.41 Å². The van der Waals surface area contributed by atoms with Crippen LogP contribution in [0.25, 0.3) is 0 Å². The number of carbonyl (C=O) groups excluding carboxylic acids is 1. The molecule has 0 heterocycles. The Balaban J connectivity index is 2.61. The molecule has 1 atom stereocenters. The van der Waals surface area contributed by atoms with Gasteiger partial charge in [0.05, 0.1) is 0 Å². The minimum Gasteiger partial charge on any atom is -0.480 e. The van der Waals surface area contributed by atoms with E-state index in [0.717, 1.165) is 12.8 Å². The van der Waals surface area contributed by atoms with Gasteiger partial charge in [0.15, 0.2) is 0 Å². The Morgan fingerprint density at radius 1 is 1.22 bits per heavy atom. The smallest absolute Gasteiger partial charge is 0.329 e. The predicted octanol–water partition coefficient (Wildman–Crippen LogP) is 2.12. The summed E-state index contributed by atoms with van der Waals surface area (Å²) >= 11 is 0. The summed E-state index contributed by atoms with van der Waals surface area (Å²) in [6.45, 7) is 8.00. The van der Waals surface area contributed by atoms with Crippen LogP contribution in [0.15, 0.2) is 0 Å². The van der Waals surface area contributed by atoms with Crippen molar-refractivity contribution in [3.05, 3.63) is 0 Å². The highest BCUT2D eigenvalue weighted by molar-refractivity contribution is 5.86. The fourth-order valence-corrected chi connectivity index (χ4v) is 2.04. The molecule has 5 nitrogen and oxygen atoms in total. The van der Waals surface area contributed by atoms with Gasteiger partial charge in [-0.1, -0.05) is 33.6 Å². The summed E-state index contributed by atoms with van der Waals surface area (Å²) in [5.74, 6) is -0.932. The van der Waals surface area contributed by atoms with Crippen LogP contribution in [0.1, 0.15) is 53.4 Å². The summed E-state index contributed by atoms with van der Waals surface area (Å²) in [5.41, 5.74) is -1.12. The second kappa shape index (κ2) is 5.16. The van der Waals surface area contributed by atoms with Gasteiger partial charge in [0.1, 0.15) is 5.54 Å². The number of hydrogen-bond donors (Lipinski definition) is 3. The van der Waals surface area contributed by atoms with E-state index in [-0.39, 0.29) is 17.5 Å². The molecule has 0 aromatic carbocycles. The molecule has 1 unspecified atom stereocenters. The summed E-state index contributed by atoms with van der Waals surface area (Å²) < 4.78 is 0. The number of rotatable bonds is 3. The van der Waals surface area contributed by atoms with Gasteiger partial charge < -0.3 is 15.7 Å². The summed E-state index contributed by atoms with van der Waals surface area (Å²) in [7, 11) is 0. The molecule has 2 amide bonds. The third-order valence-corrected chi connectivity index (χ3v) is 3.87. The molecule has 1 aliphatic carbocycles. The molecule has 3 N–H and O–H groups in total. The van der Waals surface area contributed by atoms with Crippen LogP contribution in [0.4, 0.5) is 4.79 Å². The Bertz CT molecular complexity index is 328. The topological polar surface area (TPSA) is 78.4 Å². The van der Waals surface area contributed by atoms with E-state index in [1.807, 2.05) is 27.7 Å². The number of carbonyl (C=O) groups is 2. The fraction of sp³-hybridized carbons (Fsp3) is 0.846. The average molecular weight is 256 g/mol. The van der Waals surface area contributed by atoms with Gasteiger partial charge in [-0.05, 0) is 25.2 Å². The number of aliphatic carboxylic acids is 1. The van der Waals surface area contributed by atoms with Crippen LogP contribution >= 0.6 is 0 Å². The van der Waals surface area contributed by atoms with Crippen molar-refractivity contribution in [1.82, 2.24) is 10.6 Å². The minimum absolute atomic E-state index is 0.0234. The van der Waals surface area contributed by atoms with Gasteiger partial charge in [-0.15, -0.1) is 0 Å². The van der Waals surface area contributed by atoms with Crippen molar-refractivity contribution in [2.45, 2.75) is 65.0 Å². The highest BCUT2D eigenvalue weighted by atomic mass is 16.4. The van der Waals surface area contributed by atoms with E-state index in [9.17, 15) is 14.7 Å². The van der Waals surface area contributed by atoms with Gasteiger partial charge in [-0.25, -0.2) is 9.59 Å². The van der Waals surface area contributed by atoms with Gasteiger partial charge in [0, 0.05) is 6.04 Å². The molecule has 0 aliphatic heterocycles. The number of nitrogens with one attached hydrogen (secondary N) is 2. The number of urea groups is 1. The molecule has 0 aromatic rings. The lowest BCUT2D eigenvalue weighted by Crippen LogP contribution is -2.57. The Morgan fingerprint density at radius 2 is 1.72 bits per heavy atom. The lowest BCUT2D eigenvalue weighted by atomic mass is 9.88. The van der Waals surface area contributed by atoms with Crippen molar-refractivity contribution in [2.75, 3.05) is 0 Å². The van der Waals surface area contributed by atoms with Crippen LogP contribution in [-0.4, -0.2) is 28.7 Å². The first-order valence-electron chi connectivity index (χ1n) is 6.49.